The van der Waals surface area contributed by atoms with Crippen LogP contribution < -0.4 is 5.32 Å². The first kappa shape index (κ1) is 30.8. The van der Waals surface area contributed by atoms with Crippen LogP contribution in [0.4, 0.5) is 0 Å². The van der Waals surface area contributed by atoms with Gasteiger partial charge in [-0.25, -0.2) is 0 Å². The summed E-state index contributed by atoms with van der Waals surface area (Å²) in [4.78, 5) is 56.7. The number of esters is 1. The molecule has 39 heavy (non-hydrogen) atoms. The number of likely N-dealkylation sites (tertiary alicyclic amines) is 1. The first-order valence-electron chi connectivity index (χ1n) is 14.2. The summed E-state index contributed by atoms with van der Waals surface area (Å²) in [6, 6.07) is -1.68. The number of amides is 3. The summed E-state index contributed by atoms with van der Waals surface area (Å²) in [5.41, 5.74) is -1.17. The van der Waals surface area contributed by atoms with Gasteiger partial charge in [-0.05, 0) is 46.5 Å². The van der Waals surface area contributed by atoms with Crippen molar-refractivity contribution in [3.63, 3.8) is 0 Å². The van der Waals surface area contributed by atoms with Crippen LogP contribution in [0.3, 0.4) is 0 Å². The molecule has 0 aromatic rings. The van der Waals surface area contributed by atoms with Gasteiger partial charge in [0, 0.05) is 19.0 Å². The van der Waals surface area contributed by atoms with Gasteiger partial charge in [0.1, 0.15) is 17.7 Å². The molecule has 0 aliphatic carbocycles. The number of carbonyl (C=O) groups is 4. The van der Waals surface area contributed by atoms with Gasteiger partial charge in [-0.2, -0.15) is 0 Å². The highest BCUT2D eigenvalue weighted by atomic mass is 16.6. The van der Waals surface area contributed by atoms with E-state index in [4.69, 9.17) is 9.47 Å². The van der Waals surface area contributed by atoms with Crippen LogP contribution in [0.1, 0.15) is 66.2 Å². The van der Waals surface area contributed by atoms with Crippen LogP contribution in [0.5, 0.6) is 0 Å². The van der Waals surface area contributed by atoms with Crippen molar-refractivity contribution in [3.05, 3.63) is 25.3 Å². The third-order valence-electron chi connectivity index (χ3n) is 8.31. The van der Waals surface area contributed by atoms with Crippen molar-refractivity contribution in [1.82, 2.24) is 15.1 Å². The maximum Gasteiger partial charge on any atom is 0.312 e. The fourth-order valence-electron chi connectivity index (χ4n) is 6.45. The molecule has 2 N–H and O–H groups in total. The molecule has 10 heteroatoms. The minimum absolute atomic E-state index is 0.0840. The van der Waals surface area contributed by atoms with Crippen LogP contribution in [-0.4, -0.2) is 94.2 Å². The lowest BCUT2D eigenvalue weighted by molar-refractivity contribution is -0.160. The molecule has 1 unspecified atom stereocenters. The number of fused-ring (bicyclic) bond motifs is 1. The lowest BCUT2D eigenvalue weighted by atomic mass is 9.70. The largest absolute Gasteiger partial charge is 0.460 e. The monoisotopic (exact) mass is 547 g/mol. The normalized spacial score (nSPS) is 29.4. The summed E-state index contributed by atoms with van der Waals surface area (Å²) in [5, 5.41) is 12.8. The SMILES string of the molecule is C=CCCC(=O)NC[C@@H](C)OC(=O)[C@@H]1[C@@H]2CC[C@]3(O2)[C@H](C(=O)N(CC=C)C(C)CCC)N([C@H](C)CO)C(=O)[C@@H]13. The van der Waals surface area contributed by atoms with Gasteiger partial charge in [0.15, 0.2) is 0 Å². The summed E-state index contributed by atoms with van der Waals surface area (Å²) < 4.78 is 12.1. The molecule has 8 atom stereocenters. The molecule has 10 nitrogen and oxygen atoms in total. The molecule has 218 valence electrons. The van der Waals surface area contributed by atoms with Crippen molar-refractivity contribution >= 4 is 23.7 Å². The van der Waals surface area contributed by atoms with E-state index in [9.17, 15) is 24.3 Å². The number of nitrogens with zero attached hydrogens (tertiary/aromatic N) is 2. The number of aliphatic hydroxyl groups is 1. The average molecular weight is 548 g/mol. The third-order valence-corrected chi connectivity index (χ3v) is 8.31. The van der Waals surface area contributed by atoms with Crippen molar-refractivity contribution in [2.75, 3.05) is 19.7 Å². The highest BCUT2D eigenvalue weighted by molar-refractivity contribution is 5.98. The van der Waals surface area contributed by atoms with E-state index >= 15 is 0 Å². The van der Waals surface area contributed by atoms with Crippen LogP contribution in [0.2, 0.25) is 0 Å². The Labute approximate surface area is 231 Å². The number of hydrogen-bond acceptors (Lipinski definition) is 7. The average Bonchev–Trinajstić information content (AvgIpc) is 3.55. The van der Waals surface area contributed by atoms with E-state index in [1.54, 1.807) is 30.9 Å². The molecular weight excluding hydrogens is 502 g/mol. The number of hydrogen-bond donors (Lipinski definition) is 2. The van der Waals surface area contributed by atoms with E-state index in [-0.39, 0.29) is 36.9 Å². The summed E-state index contributed by atoms with van der Waals surface area (Å²) in [7, 11) is 0. The Bertz CT molecular complexity index is 955. The second kappa shape index (κ2) is 13.1. The lowest BCUT2D eigenvalue weighted by Gasteiger charge is -2.40. The van der Waals surface area contributed by atoms with Gasteiger partial charge in [-0.15, -0.1) is 13.2 Å². The Morgan fingerprint density at radius 3 is 2.62 bits per heavy atom. The van der Waals surface area contributed by atoms with Crippen molar-refractivity contribution in [3.8, 4) is 0 Å². The second-order valence-corrected chi connectivity index (χ2v) is 11.1. The van der Waals surface area contributed by atoms with Gasteiger partial charge in [-0.3, -0.25) is 19.2 Å². The number of aliphatic hydroxyl groups excluding tert-OH is 1. The minimum atomic E-state index is -1.17. The topological polar surface area (TPSA) is 125 Å². The molecule has 0 aromatic carbocycles. The number of nitrogens with one attached hydrogen (secondary N) is 1. The Morgan fingerprint density at radius 2 is 2.00 bits per heavy atom. The third kappa shape index (κ3) is 5.91. The van der Waals surface area contributed by atoms with Gasteiger partial charge in [0.2, 0.25) is 17.7 Å². The molecule has 3 saturated heterocycles. The lowest BCUT2D eigenvalue weighted by Crippen LogP contribution is -2.59. The zero-order valence-electron chi connectivity index (χ0n) is 23.8. The first-order valence-corrected chi connectivity index (χ1v) is 14.2. The number of rotatable bonds is 15. The summed E-state index contributed by atoms with van der Waals surface area (Å²) in [6.45, 7) is 14.9. The van der Waals surface area contributed by atoms with Gasteiger partial charge >= 0.3 is 5.97 Å². The second-order valence-electron chi connectivity index (χ2n) is 11.1. The van der Waals surface area contributed by atoms with Gasteiger partial charge in [-0.1, -0.05) is 25.5 Å². The van der Waals surface area contributed by atoms with Gasteiger partial charge in [0.25, 0.3) is 0 Å². The molecule has 0 aromatic heterocycles. The molecule has 2 bridgehead atoms. The zero-order chi connectivity index (χ0) is 28.9. The van der Waals surface area contributed by atoms with E-state index in [1.807, 2.05) is 13.8 Å². The smallest absolute Gasteiger partial charge is 0.312 e. The summed E-state index contributed by atoms with van der Waals surface area (Å²) in [6.07, 6.45) is 5.68. The highest BCUT2D eigenvalue weighted by Gasteiger charge is 2.75. The van der Waals surface area contributed by atoms with E-state index < -0.39 is 47.7 Å². The van der Waals surface area contributed by atoms with Crippen LogP contribution in [0, 0.1) is 11.8 Å². The first-order chi connectivity index (χ1) is 18.6. The molecule has 0 saturated carbocycles. The van der Waals surface area contributed by atoms with Crippen LogP contribution in [0.15, 0.2) is 25.3 Å². The van der Waals surface area contributed by atoms with E-state index in [2.05, 4.69) is 18.5 Å². The molecule has 1 spiro atoms. The predicted octanol–water partition coefficient (Wildman–Crippen LogP) is 1.96. The Kier molecular flexibility index (Phi) is 10.3. The predicted molar refractivity (Wildman–Crippen MR) is 145 cm³/mol. The molecule has 3 aliphatic rings. The maximum absolute atomic E-state index is 14.2. The minimum Gasteiger partial charge on any atom is -0.460 e. The van der Waals surface area contributed by atoms with Crippen molar-refractivity contribution < 1.29 is 33.8 Å². The molecule has 3 amide bonds. The maximum atomic E-state index is 14.2. The van der Waals surface area contributed by atoms with Crippen molar-refractivity contribution in [2.24, 2.45) is 11.8 Å². The molecule has 3 rings (SSSR count). The Balaban J connectivity index is 1.86. The molecular formula is C29H45N3O7. The molecule has 3 aliphatic heterocycles. The van der Waals surface area contributed by atoms with Crippen molar-refractivity contribution in [2.45, 2.75) is 102 Å². The molecule has 3 fully saturated rings. The van der Waals surface area contributed by atoms with Crippen LogP contribution in [-0.2, 0) is 28.7 Å². The van der Waals surface area contributed by atoms with Gasteiger partial charge < -0.3 is 29.7 Å². The van der Waals surface area contributed by atoms with Crippen molar-refractivity contribution in [1.29, 1.82) is 0 Å². The van der Waals surface area contributed by atoms with E-state index in [0.29, 0.717) is 32.2 Å². The van der Waals surface area contributed by atoms with Crippen LogP contribution in [0.25, 0.3) is 0 Å². The van der Waals surface area contributed by atoms with E-state index in [1.165, 1.54) is 4.90 Å². The fraction of sp³-hybridized carbons (Fsp3) is 0.724. The molecule has 3 heterocycles. The summed E-state index contributed by atoms with van der Waals surface area (Å²) >= 11 is 0. The van der Waals surface area contributed by atoms with E-state index in [0.717, 1.165) is 12.8 Å². The highest BCUT2D eigenvalue weighted by Crippen LogP contribution is 2.59. The summed E-state index contributed by atoms with van der Waals surface area (Å²) in [5.74, 6) is -3.10. The quantitative estimate of drug-likeness (QED) is 0.237. The standard InChI is InChI=1S/C29H45N3O7/c1-7-10-12-22(34)30-16-20(6)38-28(37)23-21-13-14-29(39-21)24(23)26(35)32(19(5)17-33)25(29)27(36)31(15-9-3)18(4)11-8-2/h7,9,18-21,23-25,33H,1,3,8,10-17H2,2,4-6H3,(H,30,34)/t18?,19-,20-,21+,23-,24-,25+,29-/m1/s1. The van der Waals surface area contributed by atoms with Gasteiger partial charge in [0.05, 0.1) is 37.1 Å². The Hall–Kier alpha value is -2.72. The molecule has 0 radical (unpaired) electrons. The number of carbonyl (C=O) groups excluding carboxylic acids is 4. The van der Waals surface area contributed by atoms with Crippen LogP contribution >= 0.6 is 0 Å². The number of ether oxygens (including phenoxy) is 2. The number of allylic oxidation sites excluding steroid dienone is 1. The Morgan fingerprint density at radius 1 is 1.28 bits per heavy atom. The fourth-order valence-corrected chi connectivity index (χ4v) is 6.45. The zero-order valence-corrected chi connectivity index (χ0v) is 23.8.